The summed E-state index contributed by atoms with van der Waals surface area (Å²) in [5.41, 5.74) is 0.200. The van der Waals surface area contributed by atoms with Crippen LogP contribution in [0, 0.1) is 0 Å². The molecule has 3 heteroatoms. The Labute approximate surface area is 102 Å². The molecule has 0 rings (SSSR count). The predicted octanol–water partition coefficient (Wildman–Crippen LogP) is 2.12. The third-order valence-corrected chi connectivity index (χ3v) is 3.62. The molecule has 0 aromatic rings. The second-order valence-corrected chi connectivity index (χ2v) is 4.80. The molecule has 0 aromatic heterocycles. The van der Waals surface area contributed by atoms with Crippen LogP contribution in [-0.4, -0.2) is 50.3 Å². The summed E-state index contributed by atoms with van der Waals surface area (Å²) >= 11 is 0. The molecule has 0 radical (unpaired) electrons. The van der Waals surface area contributed by atoms with Gasteiger partial charge in [-0.25, -0.2) is 0 Å². The van der Waals surface area contributed by atoms with Crippen LogP contribution >= 0.6 is 0 Å². The van der Waals surface area contributed by atoms with Crippen molar-refractivity contribution in [2.75, 3.05) is 33.9 Å². The number of nitrogens with one attached hydrogen (secondary N) is 1. The van der Waals surface area contributed by atoms with Crippen LogP contribution in [0.2, 0.25) is 0 Å². The molecule has 0 aliphatic rings. The molecule has 0 spiro atoms. The number of likely N-dealkylation sites (N-methyl/N-ethyl adjacent to an activating group) is 2. The number of hydrogen-bond donors (Lipinski definition) is 1. The SMILES string of the molecule is CCN(CC)C(C)(C)C(CCCOC)NC. The molecule has 0 heterocycles. The van der Waals surface area contributed by atoms with Crippen LogP contribution in [0.3, 0.4) is 0 Å². The van der Waals surface area contributed by atoms with Crippen molar-refractivity contribution in [1.29, 1.82) is 0 Å². The van der Waals surface area contributed by atoms with E-state index in [0.717, 1.165) is 32.5 Å². The van der Waals surface area contributed by atoms with Crippen LogP contribution in [0.1, 0.15) is 40.5 Å². The molecule has 3 nitrogen and oxygen atoms in total. The first-order valence-corrected chi connectivity index (χ1v) is 6.45. The number of hydrogen-bond acceptors (Lipinski definition) is 3. The van der Waals surface area contributed by atoms with E-state index in [-0.39, 0.29) is 5.54 Å². The van der Waals surface area contributed by atoms with Gasteiger partial charge in [0.1, 0.15) is 0 Å². The highest BCUT2D eigenvalue weighted by Crippen LogP contribution is 2.21. The van der Waals surface area contributed by atoms with Crippen LogP contribution in [0.15, 0.2) is 0 Å². The normalized spacial score (nSPS) is 14.4. The third kappa shape index (κ3) is 4.40. The minimum atomic E-state index is 0.200. The molecule has 98 valence electrons. The minimum absolute atomic E-state index is 0.200. The lowest BCUT2D eigenvalue weighted by Crippen LogP contribution is -2.57. The Hall–Kier alpha value is -0.120. The van der Waals surface area contributed by atoms with E-state index in [4.69, 9.17) is 4.74 Å². The van der Waals surface area contributed by atoms with Crippen molar-refractivity contribution < 1.29 is 4.74 Å². The fourth-order valence-electron chi connectivity index (χ4n) is 2.54. The van der Waals surface area contributed by atoms with Gasteiger partial charge in [-0.15, -0.1) is 0 Å². The summed E-state index contributed by atoms with van der Waals surface area (Å²) < 4.78 is 5.12. The molecular formula is C13H30N2O. The lowest BCUT2D eigenvalue weighted by molar-refractivity contribution is 0.0849. The Bertz CT molecular complexity index is 167. The quantitative estimate of drug-likeness (QED) is 0.614. The largest absolute Gasteiger partial charge is 0.385 e. The lowest BCUT2D eigenvalue weighted by Gasteiger charge is -2.43. The highest BCUT2D eigenvalue weighted by molar-refractivity contribution is 4.92. The van der Waals surface area contributed by atoms with E-state index in [0.29, 0.717) is 6.04 Å². The highest BCUT2D eigenvalue weighted by Gasteiger charge is 2.32. The van der Waals surface area contributed by atoms with Crippen molar-refractivity contribution in [3.05, 3.63) is 0 Å². The van der Waals surface area contributed by atoms with E-state index in [2.05, 4.69) is 45.0 Å². The Morgan fingerprint density at radius 3 is 2.19 bits per heavy atom. The van der Waals surface area contributed by atoms with E-state index in [9.17, 15) is 0 Å². The number of nitrogens with zero attached hydrogens (tertiary/aromatic N) is 1. The van der Waals surface area contributed by atoms with Crippen LogP contribution in [0.4, 0.5) is 0 Å². The first-order chi connectivity index (χ1) is 7.54. The summed E-state index contributed by atoms with van der Waals surface area (Å²) in [5, 5.41) is 3.45. The number of ether oxygens (including phenoxy) is 1. The smallest absolute Gasteiger partial charge is 0.0462 e. The fraction of sp³-hybridized carbons (Fsp3) is 1.00. The Balaban J connectivity index is 4.39. The Morgan fingerprint density at radius 1 is 1.25 bits per heavy atom. The van der Waals surface area contributed by atoms with Gasteiger partial charge in [0.25, 0.3) is 0 Å². The molecule has 0 aromatic carbocycles. The first-order valence-electron chi connectivity index (χ1n) is 6.45. The zero-order valence-electron chi connectivity index (χ0n) is 12.0. The molecule has 1 unspecified atom stereocenters. The zero-order valence-corrected chi connectivity index (χ0v) is 12.0. The average molecular weight is 230 g/mol. The van der Waals surface area contributed by atoms with Gasteiger partial charge in [0, 0.05) is 25.3 Å². The summed E-state index contributed by atoms with van der Waals surface area (Å²) in [6.07, 6.45) is 2.28. The number of rotatable bonds is 9. The summed E-state index contributed by atoms with van der Waals surface area (Å²) in [6.45, 7) is 12.2. The molecule has 0 bridgehead atoms. The molecular weight excluding hydrogens is 200 g/mol. The molecule has 0 saturated carbocycles. The van der Waals surface area contributed by atoms with Gasteiger partial charge in [-0.1, -0.05) is 13.8 Å². The Morgan fingerprint density at radius 2 is 1.81 bits per heavy atom. The lowest BCUT2D eigenvalue weighted by atomic mass is 9.89. The fourth-order valence-corrected chi connectivity index (χ4v) is 2.54. The molecule has 0 fully saturated rings. The van der Waals surface area contributed by atoms with Crippen molar-refractivity contribution in [3.8, 4) is 0 Å². The summed E-state index contributed by atoms with van der Waals surface area (Å²) in [5.74, 6) is 0. The maximum Gasteiger partial charge on any atom is 0.0462 e. The second-order valence-electron chi connectivity index (χ2n) is 4.80. The molecule has 1 N–H and O–H groups in total. The monoisotopic (exact) mass is 230 g/mol. The average Bonchev–Trinajstić information content (AvgIpc) is 2.25. The first kappa shape index (κ1) is 15.9. The van der Waals surface area contributed by atoms with Crippen molar-refractivity contribution in [3.63, 3.8) is 0 Å². The molecule has 0 aliphatic heterocycles. The van der Waals surface area contributed by atoms with Crippen molar-refractivity contribution in [2.45, 2.75) is 52.1 Å². The van der Waals surface area contributed by atoms with Crippen LogP contribution in [-0.2, 0) is 4.74 Å². The molecule has 16 heavy (non-hydrogen) atoms. The van der Waals surface area contributed by atoms with Gasteiger partial charge >= 0.3 is 0 Å². The van der Waals surface area contributed by atoms with Crippen molar-refractivity contribution in [1.82, 2.24) is 10.2 Å². The van der Waals surface area contributed by atoms with Crippen molar-refractivity contribution >= 4 is 0 Å². The number of methoxy groups -OCH3 is 1. The Kier molecular flexibility index (Phi) is 7.98. The maximum absolute atomic E-state index is 5.12. The zero-order chi connectivity index (χ0) is 12.6. The molecule has 0 amide bonds. The van der Waals surface area contributed by atoms with Crippen LogP contribution in [0.25, 0.3) is 0 Å². The summed E-state index contributed by atoms with van der Waals surface area (Å²) in [4.78, 5) is 2.51. The van der Waals surface area contributed by atoms with Gasteiger partial charge < -0.3 is 10.1 Å². The van der Waals surface area contributed by atoms with E-state index < -0.39 is 0 Å². The van der Waals surface area contributed by atoms with Crippen LogP contribution in [0.5, 0.6) is 0 Å². The van der Waals surface area contributed by atoms with Crippen molar-refractivity contribution in [2.24, 2.45) is 0 Å². The van der Waals surface area contributed by atoms with Gasteiger partial charge in [0.2, 0.25) is 0 Å². The van der Waals surface area contributed by atoms with Gasteiger partial charge in [0.15, 0.2) is 0 Å². The molecule has 0 saturated heterocycles. The predicted molar refractivity (Wildman–Crippen MR) is 71.0 cm³/mol. The molecule has 1 atom stereocenters. The summed E-state index contributed by atoms with van der Waals surface area (Å²) in [7, 11) is 3.83. The highest BCUT2D eigenvalue weighted by atomic mass is 16.5. The summed E-state index contributed by atoms with van der Waals surface area (Å²) in [6, 6.07) is 0.516. The topological polar surface area (TPSA) is 24.5 Å². The van der Waals surface area contributed by atoms with Gasteiger partial charge in [-0.05, 0) is 46.8 Å². The van der Waals surface area contributed by atoms with Crippen LogP contribution < -0.4 is 5.32 Å². The van der Waals surface area contributed by atoms with E-state index in [1.165, 1.54) is 0 Å². The second kappa shape index (κ2) is 8.04. The van der Waals surface area contributed by atoms with E-state index in [1.807, 2.05) is 0 Å². The van der Waals surface area contributed by atoms with E-state index in [1.54, 1.807) is 7.11 Å². The van der Waals surface area contributed by atoms with Gasteiger partial charge in [-0.2, -0.15) is 0 Å². The minimum Gasteiger partial charge on any atom is -0.385 e. The standard InChI is InChI=1S/C13H30N2O/c1-7-15(8-2)13(3,4)12(14-5)10-9-11-16-6/h12,14H,7-11H2,1-6H3. The van der Waals surface area contributed by atoms with Gasteiger partial charge in [-0.3, -0.25) is 4.90 Å². The maximum atomic E-state index is 5.12. The van der Waals surface area contributed by atoms with Gasteiger partial charge in [0.05, 0.1) is 0 Å². The third-order valence-electron chi connectivity index (χ3n) is 3.62. The van der Waals surface area contributed by atoms with E-state index >= 15 is 0 Å². The molecule has 0 aliphatic carbocycles.